The zero-order valence-electron chi connectivity index (χ0n) is 16.3. The Morgan fingerprint density at radius 1 is 0.552 bits per heavy atom. The highest BCUT2D eigenvalue weighted by Crippen LogP contribution is 2.24. The van der Waals surface area contributed by atoms with E-state index in [1.54, 1.807) is 0 Å². The van der Waals surface area contributed by atoms with Crippen LogP contribution in [0, 0.1) is 0 Å². The van der Waals surface area contributed by atoms with Gasteiger partial charge in [0.2, 0.25) is 0 Å². The molecule has 3 nitrogen and oxygen atoms in total. The van der Waals surface area contributed by atoms with Crippen molar-refractivity contribution < 1.29 is 0 Å². The summed E-state index contributed by atoms with van der Waals surface area (Å²) in [5.41, 5.74) is 20.6. The number of nitrogens with two attached hydrogens (primary N) is 2. The van der Waals surface area contributed by atoms with Crippen LogP contribution >= 0.6 is 0 Å². The first-order chi connectivity index (χ1) is 14.2. The Bertz CT molecular complexity index is 1070. The van der Waals surface area contributed by atoms with Gasteiger partial charge in [-0.1, -0.05) is 54.6 Å². The van der Waals surface area contributed by atoms with E-state index in [0.717, 1.165) is 41.2 Å². The summed E-state index contributed by atoms with van der Waals surface area (Å²) in [7, 11) is 0. The lowest BCUT2D eigenvalue weighted by molar-refractivity contribution is 1.15. The molecule has 0 radical (unpaired) electrons. The standard InChI is InChI=1S/C26H25N3/c27-23-12-10-20(11-13-23)16-19-6-8-21(9-7-19)17-22-18-25(14-15-26(22)28)29-24-4-2-1-3-5-24/h1-15,18,29H,16-17,27-28H2. The molecule has 0 amide bonds. The molecule has 0 aliphatic rings. The van der Waals surface area contributed by atoms with Crippen LogP contribution in [0.3, 0.4) is 0 Å². The minimum atomic E-state index is 0.797. The third-order valence-corrected chi connectivity index (χ3v) is 5.01. The number of hydrogen-bond donors (Lipinski definition) is 3. The van der Waals surface area contributed by atoms with Crippen LogP contribution in [0.2, 0.25) is 0 Å². The SMILES string of the molecule is Nc1ccc(Cc2ccc(Cc3cc(Nc4ccccc4)ccc3N)cc2)cc1. The Morgan fingerprint density at radius 2 is 1.14 bits per heavy atom. The van der Waals surface area contributed by atoms with Crippen LogP contribution in [0.25, 0.3) is 0 Å². The van der Waals surface area contributed by atoms with Gasteiger partial charge in [0.15, 0.2) is 0 Å². The maximum absolute atomic E-state index is 6.24. The molecule has 0 fully saturated rings. The van der Waals surface area contributed by atoms with Gasteiger partial charge in [0.05, 0.1) is 0 Å². The predicted octanol–water partition coefficient (Wildman–Crippen LogP) is 5.78. The van der Waals surface area contributed by atoms with E-state index in [1.165, 1.54) is 16.7 Å². The molecule has 4 aromatic rings. The Labute approximate surface area is 172 Å². The second-order valence-electron chi connectivity index (χ2n) is 7.32. The van der Waals surface area contributed by atoms with Crippen LogP contribution in [0.5, 0.6) is 0 Å². The Morgan fingerprint density at radius 3 is 1.79 bits per heavy atom. The number of para-hydroxylation sites is 1. The second-order valence-corrected chi connectivity index (χ2v) is 7.32. The van der Waals surface area contributed by atoms with Crippen molar-refractivity contribution in [2.24, 2.45) is 0 Å². The summed E-state index contributed by atoms with van der Waals surface area (Å²) in [4.78, 5) is 0. The number of rotatable bonds is 6. The molecule has 0 heterocycles. The van der Waals surface area contributed by atoms with Crippen molar-refractivity contribution in [1.82, 2.24) is 0 Å². The Kier molecular flexibility index (Phi) is 5.48. The van der Waals surface area contributed by atoms with E-state index in [0.29, 0.717) is 0 Å². The largest absolute Gasteiger partial charge is 0.399 e. The van der Waals surface area contributed by atoms with Crippen molar-refractivity contribution in [2.45, 2.75) is 12.8 Å². The zero-order valence-corrected chi connectivity index (χ0v) is 16.3. The van der Waals surface area contributed by atoms with Crippen molar-refractivity contribution >= 4 is 22.7 Å². The van der Waals surface area contributed by atoms with Crippen molar-refractivity contribution in [2.75, 3.05) is 16.8 Å². The van der Waals surface area contributed by atoms with Gasteiger partial charge in [-0.3, -0.25) is 0 Å². The number of benzene rings is 4. The molecular weight excluding hydrogens is 354 g/mol. The zero-order chi connectivity index (χ0) is 20.1. The van der Waals surface area contributed by atoms with Crippen LogP contribution in [0.1, 0.15) is 22.3 Å². The number of hydrogen-bond acceptors (Lipinski definition) is 3. The topological polar surface area (TPSA) is 64.1 Å². The van der Waals surface area contributed by atoms with Gasteiger partial charge in [0.1, 0.15) is 0 Å². The van der Waals surface area contributed by atoms with Gasteiger partial charge in [-0.2, -0.15) is 0 Å². The highest BCUT2D eigenvalue weighted by Gasteiger charge is 2.05. The molecule has 4 rings (SSSR count). The maximum Gasteiger partial charge on any atom is 0.0388 e. The minimum absolute atomic E-state index is 0.797. The monoisotopic (exact) mass is 379 g/mol. The van der Waals surface area contributed by atoms with E-state index in [1.807, 2.05) is 42.5 Å². The highest BCUT2D eigenvalue weighted by atomic mass is 14.9. The third-order valence-electron chi connectivity index (χ3n) is 5.01. The normalized spacial score (nSPS) is 10.6. The van der Waals surface area contributed by atoms with Crippen molar-refractivity contribution in [1.29, 1.82) is 0 Å². The average molecular weight is 380 g/mol. The maximum atomic E-state index is 6.24. The fourth-order valence-corrected chi connectivity index (χ4v) is 3.39. The lowest BCUT2D eigenvalue weighted by Gasteiger charge is -2.11. The number of nitrogen functional groups attached to an aromatic ring is 2. The average Bonchev–Trinajstić information content (AvgIpc) is 2.74. The Balaban J connectivity index is 1.45. The molecule has 0 saturated carbocycles. The summed E-state index contributed by atoms with van der Waals surface area (Å²) < 4.78 is 0. The van der Waals surface area contributed by atoms with Crippen molar-refractivity contribution in [3.05, 3.63) is 119 Å². The molecule has 0 atom stereocenters. The van der Waals surface area contributed by atoms with Crippen LogP contribution in [-0.2, 0) is 12.8 Å². The van der Waals surface area contributed by atoms with Crippen LogP contribution in [-0.4, -0.2) is 0 Å². The molecule has 144 valence electrons. The van der Waals surface area contributed by atoms with E-state index < -0.39 is 0 Å². The van der Waals surface area contributed by atoms with Gasteiger partial charge in [-0.15, -0.1) is 0 Å². The van der Waals surface area contributed by atoms with Gasteiger partial charge < -0.3 is 16.8 Å². The van der Waals surface area contributed by atoms with Gasteiger partial charge in [0, 0.05) is 22.7 Å². The molecule has 0 aromatic heterocycles. The summed E-state index contributed by atoms with van der Waals surface area (Å²) in [5, 5.41) is 3.43. The molecule has 0 aliphatic carbocycles. The molecule has 0 aliphatic heterocycles. The van der Waals surface area contributed by atoms with Gasteiger partial charge in [0.25, 0.3) is 0 Å². The molecule has 29 heavy (non-hydrogen) atoms. The fourth-order valence-electron chi connectivity index (χ4n) is 3.39. The van der Waals surface area contributed by atoms with E-state index >= 15 is 0 Å². The number of nitrogens with one attached hydrogen (secondary N) is 1. The van der Waals surface area contributed by atoms with E-state index in [9.17, 15) is 0 Å². The molecule has 0 saturated heterocycles. The summed E-state index contributed by atoms with van der Waals surface area (Å²) >= 11 is 0. The lowest BCUT2D eigenvalue weighted by Crippen LogP contribution is -1.99. The second kappa shape index (κ2) is 8.53. The lowest BCUT2D eigenvalue weighted by atomic mass is 9.99. The summed E-state index contributed by atoms with van der Waals surface area (Å²) in [6, 6.07) is 33.1. The predicted molar refractivity (Wildman–Crippen MR) is 123 cm³/mol. The van der Waals surface area contributed by atoms with Gasteiger partial charge >= 0.3 is 0 Å². The quantitative estimate of drug-likeness (QED) is 0.372. The molecule has 0 spiro atoms. The van der Waals surface area contributed by atoms with Crippen LogP contribution in [0.4, 0.5) is 22.7 Å². The molecule has 0 bridgehead atoms. The van der Waals surface area contributed by atoms with Crippen LogP contribution in [0.15, 0.2) is 97.1 Å². The molecular formula is C26H25N3. The highest BCUT2D eigenvalue weighted by molar-refractivity contribution is 5.64. The summed E-state index contributed by atoms with van der Waals surface area (Å²) in [6.07, 6.45) is 1.71. The molecule has 5 N–H and O–H groups in total. The fraction of sp³-hybridized carbons (Fsp3) is 0.0769. The van der Waals surface area contributed by atoms with E-state index in [2.05, 4.69) is 59.9 Å². The molecule has 0 unspecified atom stereocenters. The first kappa shape index (κ1) is 18.6. The van der Waals surface area contributed by atoms with Crippen molar-refractivity contribution in [3.63, 3.8) is 0 Å². The minimum Gasteiger partial charge on any atom is -0.399 e. The molecule has 4 aromatic carbocycles. The summed E-state index contributed by atoms with van der Waals surface area (Å²) in [5.74, 6) is 0. The van der Waals surface area contributed by atoms with E-state index in [4.69, 9.17) is 11.5 Å². The molecule has 3 heteroatoms. The first-order valence-corrected chi connectivity index (χ1v) is 9.78. The first-order valence-electron chi connectivity index (χ1n) is 9.78. The summed E-state index contributed by atoms with van der Waals surface area (Å²) in [6.45, 7) is 0. The van der Waals surface area contributed by atoms with E-state index in [-0.39, 0.29) is 0 Å². The number of anilines is 4. The van der Waals surface area contributed by atoms with Crippen molar-refractivity contribution in [3.8, 4) is 0 Å². The van der Waals surface area contributed by atoms with Gasteiger partial charge in [-0.05, 0) is 77.6 Å². The van der Waals surface area contributed by atoms with Gasteiger partial charge in [-0.25, -0.2) is 0 Å². The Hall–Kier alpha value is -3.72. The third kappa shape index (κ3) is 4.96. The van der Waals surface area contributed by atoms with Crippen LogP contribution < -0.4 is 16.8 Å². The smallest absolute Gasteiger partial charge is 0.0388 e.